The van der Waals surface area contributed by atoms with E-state index in [4.69, 9.17) is 21.4 Å². The lowest BCUT2D eigenvalue weighted by Crippen LogP contribution is -2.37. The second-order valence-corrected chi connectivity index (χ2v) is 4.73. The van der Waals surface area contributed by atoms with E-state index in [1.54, 1.807) is 0 Å². The van der Waals surface area contributed by atoms with Crippen LogP contribution in [0.15, 0.2) is 11.0 Å². The van der Waals surface area contributed by atoms with Crippen LogP contribution >= 0.6 is 11.6 Å². The van der Waals surface area contributed by atoms with Gasteiger partial charge in [0.1, 0.15) is 23.5 Å². The largest absolute Gasteiger partial charge is 0.464 e. The number of carbonyl (C=O) groups excluding carboxylic acids is 1. The minimum atomic E-state index is -1.48. The van der Waals surface area contributed by atoms with Gasteiger partial charge in [-0.3, -0.25) is 9.36 Å². The van der Waals surface area contributed by atoms with Gasteiger partial charge in [-0.2, -0.15) is 0 Å². The number of rotatable bonds is 3. The molecule has 2 rings (SSSR count). The van der Waals surface area contributed by atoms with Crippen molar-refractivity contribution in [2.45, 2.75) is 24.5 Å². The summed E-state index contributed by atoms with van der Waals surface area (Å²) in [7, 11) is 1.07. The second-order valence-electron chi connectivity index (χ2n) is 4.35. The molecule has 1 aliphatic rings. The van der Waals surface area contributed by atoms with Crippen LogP contribution in [-0.2, 0) is 9.47 Å². The zero-order valence-corrected chi connectivity index (χ0v) is 11.6. The normalized spacial score (nSPS) is 28.6. The average Bonchev–Trinajstić information content (AvgIpc) is 2.76. The molecular formula is C11H13ClN2O7. The van der Waals surface area contributed by atoms with Crippen LogP contribution in [0.5, 0.6) is 0 Å². The zero-order valence-electron chi connectivity index (χ0n) is 10.8. The molecule has 10 heteroatoms. The smallest absolute Gasteiger partial charge is 0.362 e. The Morgan fingerprint density at radius 2 is 2.19 bits per heavy atom. The van der Waals surface area contributed by atoms with Crippen LogP contribution in [0, 0.1) is 0 Å². The van der Waals surface area contributed by atoms with Gasteiger partial charge in [0.2, 0.25) is 5.69 Å². The molecule has 1 saturated heterocycles. The minimum Gasteiger partial charge on any atom is -0.464 e. The van der Waals surface area contributed by atoms with E-state index in [9.17, 15) is 19.8 Å². The van der Waals surface area contributed by atoms with Crippen molar-refractivity contribution >= 4 is 17.6 Å². The van der Waals surface area contributed by atoms with E-state index in [1.807, 2.05) is 0 Å². The van der Waals surface area contributed by atoms with Crippen LogP contribution in [0.1, 0.15) is 16.7 Å². The van der Waals surface area contributed by atoms with Crippen LogP contribution in [0.25, 0.3) is 0 Å². The van der Waals surface area contributed by atoms with Gasteiger partial charge in [0.25, 0.3) is 5.56 Å². The van der Waals surface area contributed by atoms with Crippen LogP contribution in [0.4, 0.5) is 0 Å². The number of halogens is 1. The molecule has 0 radical (unpaired) electrons. The number of hydrogen-bond donors (Lipinski definition) is 3. The Kier molecular flexibility index (Phi) is 4.59. The highest BCUT2D eigenvalue weighted by Gasteiger charge is 2.44. The lowest BCUT2D eigenvalue weighted by atomic mass is 10.1. The lowest BCUT2D eigenvalue weighted by Gasteiger charge is -2.18. The van der Waals surface area contributed by atoms with Gasteiger partial charge in [0.05, 0.1) is 13.7 Å². The third kappa shape index (κ3) is 2.78. The summed E-state index contributed by atoms with van der Waals surface area (Å²) in [4.78, 5) is 27.2. The van der Waals surface area contributed by atoms with E-state index in [1.165, 1.54) is 0 Å². The fourth-order valence-electron chi connectivity index (χ4n) is 2.01. The van der Waals surface area contributed by atoms with Crippen LogP contribution in [-0.4, -0.2) is 62.9 Å². The molecule has 2 heterocycles. The molecule has 1 aliphatic heterocycles. The summed E-state index contributed by atoms with van der Waals surface area (Å²) in [5, 5.41) is 28.4. The molecule has 0 aromatic carbocycles. The van der Waals surface area contributed by atoms with Crippen LogP contribution < -0.4 is 5.56 Å². The molecule has 116 valence electrons. The SMILES string of the molecule is COC(=O)c1nc(Cl)cn([C@@H]2O[C@@H](CO)[C@@H](O)[C@H]2O)c1=O. The highest BCUT2D eigenvalue weighted by atomic mass is 35.5. The maximum Gasteiger partial charge on any atom is 0.362 e. The molecular weight excluding hydrogens is 308 g/mol. The quantitative estimate of drug-likeness (QED) is 0.561. The lowest BCUT2D eigenvalue weighted by molar-refractivity contribution is -0.0546. The number of aromatic nitrogens is 2. The maximum absolute atomic E-state index is 12.2. The number of methoxy groups -OCH3 is 1. The van der Waals surface area contributed by atoms with Crippen molar-refractivity contribution in [3.63, 3.8) is 0 Å². The molecule has 0 saturated carbocycles. The molecule has 0 bridgehead atoms. The van der Waals surface area contributed by atoms with Gasteiger partial charge in [-0.25, -0.2) is 9.78 Å². The Labute approximate surface area is 123 Å². The van der Waals surface area contributed by atoms with Crippen molar-refractivity contribution in [1.82, 2.24) is 9.55 Å². The second kappa shape index (κ2) is 6.08. The molecule has 21 heavy (non-hydrogen) atoms. The first-order chi connectivity index (χ1) is 9.90. The molecule has 0 unspecified atom stereocenters. The highest BCUT2D eigenvalue weighted by molar-refractivity contribution is 6.29. The number of aliphatic hydroxyl groups excluding tert-OH is 3. The Hall–Kier alpha value is -1.52. The molecule has 1 aromatic heterocycles. The first-order valence-electron chi connectivity index (χ1n) is 5.90. The third-order valence-electron chi connectivity index (χ3n) is 3.07. The maximum atomic E-state index is 12.2. The van der Waals surface area contributed by atoms with E-state index in [0.717, 1.165) is 17.9 Å². The first-order valence-corrected chi connectivity index (χ1v) is 6.28. The third-order valence-corrected chi connectivity index (χ3v) is 3.25. The Morgan fingerprint density at radius 1 is 1.52 bits per heavy atom. The molecule has 9 nitrogen and oxygen atoms in total. The average molecular weight is 321 g/mol. The minimum absolute atomic E-state index is 0.201. The van der Waals surface area contributed by atoms with Crippen LogP contribution in [0.3, 0.4) is 0 Å². The number of aliphatic hydroxyl groups is 3. The summed E-state index contributed by atoms with van der Waals surface area (Å²) in [5.74, 6) is -0.997. The summed E-state index contributed by atoms with van der Waals surface area (Å²) in [6.07, 6.45) is -4.19. The van der Waals surface area contributed by atoms with E-state index < -0.39 is 48.4 Å². The van der Waals surface area contributed by atoms with E-state index in [-0.39, 0.29) is 5.15 Å². The summed E-state index contributed by atoms with van der Waals surface area (Å²) in [5.41, 5.74) is -1.48. The predicted octanol–water partition coefficient (Wildman–Crippen LogP) is -1.71. The van der Waals surface area contributed by atoms with Gasteiger partial charge in [-0.15, -0.1) is 0 Å². The summed E-state index contributed by atoms with van der Waals surface area (Å²) in [6, 6.07) is 0. The number of hydrogen-bond acceptors (Lipinski definition) is 8. The molecule has 0 spiro atoms. The molecule has 4 atom stereocenters. The van der Waals surface area contributed by atoms with Crippen molar-refractivity contribution < 1.29 is 29.6 Å². The fraction of sp³-hybridized carbons (Fsp3) is 0.545. The molecule has 3 N–H and O–H groups in total. The topological polar surface area (TPSA) is 131 Å². The number of ether oxygens (including phenoxy) is 2. The van der Waals surface area contributed by atoms with Crippen molar-refractivity contribution in [2.24, 2.45) is 0 Å². The van der Waals surface area contributed by atoms with Crippen molar-refractivity contribution in [2.75, 3.05) is 13.7 Å². The number of carbonyl (C=O) groups is 1. The molecule has 0 amide bonds. The Balaban J connectivity index is 2.48. The zero-order chi connectivity index (χ0) is 15.7. The van der Waals surface area contributed by atoms with Gasteiger partial charge in [-0.05, 0) is 0 Å². The Bertz CT molecular complexity index is 605. The summed E-state index contributed by atoms with van der Waals surface area (Å²) >= 11 is 5.73. The van der Waals surface area contributed by atoms with Crippen molar-refractivity contribution in [3.8, 4) is 0 Å². The number of nitrogens with zero attached hydrogens (tertiary/aromatic N) is 2. The van der Waals surface area contributed by atoms with Gasteiger partial charge in [0, 0.05) is 6.20 Å². The van der Waals surface area contributed by atoms with Gasteiger partial charge < -0.3 is 24.8 Å². The fourth-order valence-corrected chi connectivity index (χ4v) is 2.20. The summed E-state index contributed by atoms with van der Waals surface area (Å²) < 4.78 is 10.4. The molecule has 1 fully saturated rings. The van der Waals surface area contributed by atoms with Gasteiger partial charge in [0.15, 0.2) is 6.23 Å². The summed E-state index contributed by atoms with van der Waals surface area (Å²) in [6.45, 7) is -0.549. The van der Waals surface area contributed by atoms with E-state index in [0.29, 0.717) is 0 Å². The molecule has 0 aliphatic carbocycles. The van der Waals surface area contributed by atoms with Crippen molar-refractivity contribution in [3.05, 3.63) is 27.4 Å². The van der Waals surface area contributed by atoms with Crippen molar-refractivity contribution in [1.29, 1.82) is 0 Å². The van der Waals surface area contributed by atoms with E-state index in [2.05, 4.69) is 9.72 Å². The van der Waals surface area contributed by atoms with Gasteiger partial charge in [-0.1, -0.05) is 11.6 Å². The van der Waals surface area contributed by atoms with Gasteiger partial charge >= 0.3 is 5.97 Å². The molecule has 1 aromatic rings. The number of esters is 1. The monoisotopic (exact) mass is 320 g/mol. The van der Waals surface area contributed by atoms with Crippen LogP contribution in [0.2, 0.25) is 5.15 Å². The first kappa shape index (κ1) is 15.9. The Morgan fingerprint density at radius 3 is 2.71 bits per heavy atom. The highest BCUT2D eigenvalue weighted by Crippen LogP contribution is 2.28. The predicted molar refractivity (Wildman–Crippen MR) is 67.9 cm³/mol. The van der Waals surface area contributed by atoms with E-state index >= 15 is 0 Å². The standard InChI is InChI=1S/C11H13ClN2O7/c1-20-11(19)6-9(18)14(2-5(12)13-6)10-8(17)7(16)4(3-15)21-10/h2,4,7-8,10,15-17H,3H2,1H3/t4-,7+,8+,10+/m0/s1.